The Morgan fingerprint density at radius 3 is 2.61 bits per heavy atom. The summed E-state index contributed by atoms with van der Waals surface area (Å²) in [7, 11) is 0. The first kappa shape index (κ1) is 12.9. The lowest BCUT2D eigenvalue weighted by Gasteiger charge is -2.43. The van der Waals surface area contributed by atoms with E-state index in [1.807, 2.05) is 0 Å². The van der Waals surface area contributed by atoms with E-state index in [9.17, 15) is 0 Å². The molecule has 1 heterocycles. The highest BCUT2D eigenvalue weighted by atomic mass is 15.0. The lowest BCUT2D eigenvalue weighted by atomic mass is 9.67. The summed E-state index contributed by atoms with van der Waals surface area (Å²) in [6, 6.07) is 1.63. The van der Waals surface area contributed by atoms with Crippen molar-refractivity contribution in [2.45, 2.75) is 76.8 Å². The van der Waals surface area contributed by atoms with E-state index in [4.69, 9.17) is 0 Å². The Morgan fingerprint density at radius 1 is 1.11 bits per heavy atom. The summed E-state index contributed by atoms with van der Waals surface area (Å²) < 4.78 is 0. The minimum Gasteiger partial charge on any atom is -0.314 e. The molecule has 3 unspecified atom stereocenters. The molecule has 1 saturated heterocycles. The van der Waals surface area contributed by atoms with E-state index in [1.54, 1.807) is 0 Å². The van der Waals surface area contributed by atoms with Crippen LogP contribution in [0, 0.1) is 11.3 Å². The molecule has 0 amide bonds. The summed E-state index contributed by atoms with van der Waals surface area (Å²) in [5.41, 5.74) is 0.677. The number of nitrogens with one attached hydrogen (secondary N) is 2. The smallest absolute Gasteiger partial charge is 0.0111 e. The van der Waals surface area contributed by atoms with Crippen molar-refractivity contribution in [2.24, 2.45) is 11.3 Å². The van der Waals surface area contributed by atoms with Gasteiger partial charge in [-0.25, -0.2) is 0 Å². The van der Waals surface area contributed by atoms with Crippen molar-refractivity contribution >= 4 is 0 Å². The Labute approximate surface area is 112 Å². The molecule has 2 nitrogen and oxygen atoms in total. The van der Waals surface area contributed by atoms with Crippen molar-refractivity contribution in [3.8, 4) is 0 Å². The van der Waals surface area contributed by atoms with Gasteiger partial charge in [0.15, 0.2) is 0 Å². The highest BCUT2D eigenvalue weighted by Crippen LogP contribution is 2.43. The largest absolute Gasteiger partial charge is 0.314 e. The van der Waals surface area contributed by atoms with Crippen LogP contribution in [0.3, 0.4) is 0 Å². The fraction of sp³-hybridized carbons (Fsp3) is 1.00. The highest BCUT2D eigenvalue weighted by molar-refractivity contribution is 4.96. The highest BCUT2D eigenvalue weighted by Gasteiger charge is 2.38. The Bertz CT molecular complexity index is 261. The fourth-order valence-electron chi connectivity index (χ4n) is 4.48. The Morgan fingerprint density at radius 2 is 2.00 bits per heavy atom. The molecule has 3 aliphatic rings. The van der Waals surface area contributed by atoms with Crippen LogP contribution < -0.4 is 10.6 Å². The SMILES string of the molecule is CCC1(CNC2CCCC2C2CCCN2)CCC1. The summed E-state index contributed by atoms with van der Waals surface area (Å²) >= 11 is 0. The van der Waals surface area contributed by atoms with Gasteiger partial charge >= 0.3 is 0 Å². The maximum absolute atomic E-state index is 3.96. The molecule has 0 bridgehead atoms. The third kappa shape index (κ3) is 2.46. The van der Waals surface area contributed by atoms with E-state index in [2.05, 4.69) is 17.6 Å². The first-order valence-electron chi connectivity index (χ1n) is 8.30. The topological polar surface area (TPSA) is 24.1 Å². The third-order valence-corrected chi connectivity index (χ3v) is 6.09. The molecule has 18 heavy (non-hydrogen) atoms. The molecule has 1 aliphatic heterocycles. The van der Waals surface area contributed by atoms with Crippen molar-refractivity contribution in [3.63, 3.8) is 0 Å². The predicted octanol–water partition coefficient (Wildman–Crippen LogP) is 3.08. The summed E-state index contributed by atoms with van der Waals surface area (Å²) in [6.45, 7) is 4.93. The maximum Gasteiger partial charge on any atom is 0.0111 e. The summed E-state index contributed by atoms with van der Waals surface area (Å²) in [6.07, 6.45) is 12.9. The number of hydrogen-bond acceptors (Lipinski definition) is 2. The van der Waals surface area contributed by atoms with Crippen molar-refractivity contribution in [2.75, 3.05) is 13.1 Å². The average molecular weight is 250 g/mol. The lowest BCUT2D eigenvalue weighted by Crippen LogP contribution is -2.47. The average Bonchev–Trinajstić information content (AvgIpc) is 2.98. The van der Waals surface area contributed by atoms with Crippen LogP contribution in [-0.2, 0) is 0 Å². The second kappa shape index (κ2) is 5.50. The van der Waals surface area contributed by atoms with Crippen LogP contribution in [0.15, 0.2) is 0 Å². The van der Waals surface area contributed by atoms with Crippen LogP contribution in [0.4, 0.5) is 0 Å². The Kier molecular flexibility index (Phi) is 3.95. The molecule has 0 radical (unpaired) electrons. The van der Waals surface area contributed by atoms with Crippen molar-refractivity contribution in [3.05, 3.63) is 0 Å². The normalized spacial score (nSPS) is 38.8. The van der Waals surface area contributed by atoms with Crippen LogP contribution in [0.1, 0.15) is 64.7 Å². The van der Waals surface area contributed by atoms with Gasteiger partial charge in [0.2, 0.25) is 0 Å². The Balaban J connectivity index is 1.51. The molecule has 0 spiro atoms. The predicted molar refractivity (Wildman–Crippen MR) is 76.7 cm³/mol. The summed E-state index contributed by atoms with van der Waals surface area (Å²) in [5.74, 6) is 0.918. The van der Waals surface area contributed by atoms with E-state index in [-0.39, 0.29) is 0 Å². The van der Waals surface area contributed by atoms with Crippen LogP contribution in [-0.4, -0.2) is 25.2 Å². The molecule has 104 valence electrons. The zero-order valence-corrected chi connectivity index (χ0v) is 12.0. The van der Waals surface area contributed by atoms with E-state index < -0.39 is 0 Å². The van der Waals surface area contributed by atoms with Gasteiger partial charge in [0.05, 0.1) is 0 Å². The summed E-state index contributed by atoms with van der Waals surface area (Å²) in [5, 5.41) is 7.69. The van der Waals surface area contributed by atoms with Gasteiger partial charge in [0.25, 0.3) is 0 Å². The molecule has 0 aromatic carbocycles. The molecule has 3 atom stereocenters. The molecule has 2 saturated carbocycles. The first-order chi connectivity index (χ1) is 8.83. The van der Waals surface area contributed by atoms with Gasteiger partial charge in [-0.15, -0.1) is 0 Å². The quantitative estimate of drug-likeness (QED) is 0.783. The van der Waals surface area contributed by atoms with E-state index >= 15 is 0 Å². The molecule has 3 fully saturated rings. The minimum atomic E-state index is 0.677. The lowest BCUT2D eigenvalue weighted by molar-refractivity contribution is 0.114. The van der Waals surface area contributed by atoms with Crippen molar-refractivity contribution in [1.82, 2.24) is 10.6 Å². The molecule has 2 heteroatoms. The molecular weight excluding hydrogens is 220 g/mol. The fourth-order valence-corrected chi connectivity index (χ4v) is 4.48. The van der Waals surface area contributed by atoms with Crippen LogP contribution >= 0.6 is 0 Å². The van der Waals surface area contributed by atoms with Crippen LogP contribution in [0.5, 0.6) is 0 Å². The monoisotopic (exact) mass is 250 g/mol. The summed E-state index contributed by atoms with van der Waals surface area (Å²) in [4.78, 5) is 0. The number of hydrogen-bond donors (Lipinski definition) is 2. The van der Waals surface area contributed by atoms with Gasteiger partial charge in [-0.2, -0.15) is 0 Å². The third-order valence-electron chi connectivity index (χ3n) is 6.09. The van der Waals surface area contributed by atoms with Gasteiger partial charge in [0, 0.05) is 18.6 Å². The van der Waals surface area contributed by atoms with Gasteiger partial charge < -0.3 is 10.6 Å². The Hall–Kier alpha value is -0.0800. The first-order valence-corrected chi connectivity index (χ1v) is 8.30. The van der Waals surface area contributed by atoms with E-state index in [0.29, 0.717) is 5.41 Å². The van der Waals surface area contributed by atoms with Gasteiger partial charge in [0.1, 0.15) is 0 Å². The zero-order valence-electron chi connectivity index (χ0n) is 12.0. The zero-order chi connectivity index (χ0) is 12.4. The molecule has 0 aromatic rings. The maximum atomic E-state index is 3.96. The van der Waals surface area contributed by atoms with Gasteiger partial charge in [-0.3, -0.25) is 0 Å². The van der Waals surface area contributed by atoms with Gasteiger partial charge in [-0.05, 0) is 62.8 Å². The van der Waals surface area contributed by atoms with Crippen LogP contribution in [0.25, 0.3) is 0 Å². The molecule has 2 aliphatic carbocycles. The van der Waals surface area contributed by atoms with E-state index in [0.717, 1.165) is 18.0 Å². The van der Waals surface area contributed by atoms with Crippen molar-refractivity contribution < 1.29 is 0 Å². The number of rotatable bonds is 5. The van der Waals surface area contributed by atoms with Crippen LogP contribution in [0.2, 0.25) is 0 Å². The molecule has 2 N–H and O–H groups in total. The second-order valence-electron chi connectivity index (χ2n) is 6.99. The standard InChI is InChI=1S/C16H30N2/c1-2-16(9-5-10-16)12-18-15-7-3-6-13(15)14-8-4-11-17-14/h13-15,17-18H,2-12H2,1H3. The molecular formula is C16H30N2. The van der Waals surface area contributed by atoms with Gasteiger partial charge in [-0.1, -0.05) is 19.8 Å². The molecule has 3 rings (SSSR count). The minimum absolute atomic E-state index is 0.677. The second-order valence-corrected chi connectivity index (χ2v) is 6.99. The van der Waals surface area contributed by atoms with Crippen molar-refractivity contribution in [1.29, 1.82) is 0 Å². The van der Waals surface area contributed by atoms with E-state index in [1.165, 1.54) is 70.9 Å². The molecule has 0 aromatic heterocycles.